The van der Waals surface area contributed by atoms with Crippen LogP contribution in [0.1, 0.15) is 24.7 Å². The number of hydrogen-bond acceptors (Lipinski definition) is 5. The molecule has 0 bridgehead atoms. The topological polar surface area (TPSA) is 51.0 Å². The Morgan fingerprint density at radius 3 is 3.19 bits per heavy atom. The molecule has 6 heteroatoms. The summed E-state index contributed by atoms with van der Waals surface area (Å²) < 4.78 is 6.29. The molecule has 1 unspecified atom stereocenters. The van der Waals surface area contributed by atoms with Crippen molar-refractivity contribution in [2.75, 3.05) is 6.54 Å². The molecule has 1 saturated heterocycles. The summed E-state index contributed by atoms with van der Waals surface area (Å²) in [4.78, 5) is 5.43. The van der Waals surface area contributed by atoms with Crippen molar-refractivity contribution in [3.63, 3.8) is 0 Å². The van der Waals surface area contributed by atoms with Gasteiger partial charge in [0, 0.05) is 4.47 Å². The van der Waals surface area contributed by atoms with Crippen LogP contribution < -0.4 is 5.32 Å². The van der Waals surface area contributed by atoms with Gasteiger partial charge in [0.05, 0.1) is 6.04 Å². The zero-order chi connectivity index (χ0) is 11.0. The lowest BCUT2D eigenvalue weighted by Gasteiger charge is -2.01. The molecule has 3 rings (SSSR count). The summed E-state index contributed by atoms with van der Waals surface area (Å²) in [5.41, 5.74) is 0. The van der Waals surface area contributed by atoms with Crippen molar-refractivity contribution in [2.24, 2.45) is 0 Å². The fourth-order valence-corrected chi connectivity index (χ4v) is 3.28. The lowest BCUT2D eigenvalue weighted by Crippen LogP contribution is -2.14. The van der Waals surface area contributed by atoms with Crippen LogP contribution in [0.5, 0.6) is 0 Å². The van der Waals surface area contributed by atoms with Gasteiger partial charge >= 0.3 is 0 Å². The van der Waals surface area contributed by atoms with E-state index in [1.54, 1.807) is 11.3 Å². The number of nitrogens with zero attached hydrogens (tertiary/aromatic N) is 2. The number of halogens is 1. The first-order valence-electron chi connectivity index (χ1n) is 5.15. The Morgan fingerprint density at radius 2 is 2.50 bits per heavy atom. The van der Waals surface area contributed by atoms with Gasteiger partial charge in [0.25, 0.3) is 5.89 Å². The normalized spacial score (nSPS) is 20.4. The molecule has 16 heavy (non-hydrogen) atoms. The highest BCUT2D eigenvalue weighted by molar-refractivity contribution is 9.10. The van der Waals surface area contributed by atoms with E-state index in [4.69, 9.17) is 4.52 Å². The van der Waals surface area contributed by atoms with Crippen LogP contribution in [0.3, 0.4) is 0 Å². The molecule has 1 aliphatic rings. The molecular formula is C10H10BrN3OS. The molecule has 2 aromatic heterocycles. The van der Waals surface area contributed by atoms with Crippen molar-refractivity contribution in [2.45, 2.75) is 18.9 Å². The Kier molecular flexibility index (Phi) is 2.79. The monoisotopic (exact) mass is 299 g/mol. The minimum atomic E-state index is 0.260. The van der Waals surface area contributed by atoms with Crippen LogP contribution in [0.15, 0.2) is 20.4 Å². The molecule has 0 spiro atoms. The van der Waals surface area contributed by atoms with E-state index >= 15 is 0 Å². The van der Waals surface area contributed by atoms with Crippen LogP contribution in [-0.2, 0) is 0 Å². The van der Waals surface area contributed by atoms with Gasteiger partial charge < -0.3 is 9.84 Å². The fraction of sp³-hybridized carbons (Fsp3) is 0.400. The van der Waals surface area contributed by atoms with Crippen molar-refractivity contribution in [1.82, 2.24) is 15.5 Å². The third-order valence-electron chi connectivity index (χ3n) is 2.63. The maximum absolute atomic E-state index is 5.28. The van der Waals surface area contributed by atoms with Gasteiger partial charge in [-0.25, -0.2) is 0 Å². The number of hydrogen-bond donors (Lipinski definition) is 1. The first-order valence-corrected chi connectivity index (χ1v) is 6.82. The smallest absolute Gasteiger partial charge is 0.269 e. The standard InChI is InChI=1S/C10H10BrN3OS/c11-6-3-5-16-8(6)10-13-9(14-15-10)7-2-1-4-12-7/h3,5,7,12H,1-2,4H2. The molecule has 3 heterocycles. The van der Waals surface area contributed by atoms with E-state index in [0.29, 0.717) is 5.89 Å². The number of thiophene rings is 1. The average Bonchev–Trinajstić information content (AvgIpc) is 2.96. The molecule has 1 atom stereocenters. The van der Waals surface area contributed by atoms with Crippen LogP contribution in [0, 0.1) is 0 Å². The Morgan fingerprint density at radius 1 is 1.56 bits per heavy atom. The van der Waals surface area contributed by atoms with Crippen LogP contribution >= 0.6 is 27.3 Å². The van der Waals surface area contributed by atoms with Gasteiger partial charge in [-0.3, -0.25) is 0 Å². The highest BCUT2D eigenvalue weighted by atomic mass is 79.9. The van der Waals surface area contributed by atoms with Gasteiger partial charge in [-0.15, -0.1) is 11.3 Å². The molecular weight excluding hydrogens is 290 g/mol. The van der Waals surface area contributed by atoms with Gasteiger partial charge in [-0.1, -0.05) is 5.16 Å². The lowest BCUT2D eigenvalue weighted by atomic mass is 10.2. The Labute approximate surface area is 105 Å². The zero-order valence-electron chi connectivity index (χ0n) is 8.44. The summed E-state index contributed by atoms with van der Waals surface area (Å²) in [6.07, 6.45) is 2.27. The van der Waals surface area contributed by atoms with Crippen molar-refractivity contribution in [3.05, 3.63) is 21.7 Å². The van der Waals surface area contributed by atoms with Gasteiger partial charge in [0.2, 0.25) is 0 Å². The van der Waals surface area contributed by atoms with E-state index in [0.717, 1.165) is 28.1 Å². The van der Waals surface area contributed by atoms with Crippen molar-refractivity contribution in [3.8, 4) is 10.8 Å². The first kappa shape index (κ1) is 10.4. The van der Waals surface area contributed by atoms with Gasteiger partial charge in [0.1, 0.15) is 4.88 Å². The molecule has 4 nitrogen and oxygen atoms in total. The molecule has 1 N–H and O–H groups in total. The van der Waals surface area contributed by atoms with E-state index < -0.39 is 0 Å². The average molecular weight is 300 g/mol. The highest BCUT2D eigenvalue weighted by Gasteiger charge is 2.22. The maximum atomic E-state index is 5.28. The minimum Gasteiger partial charge on any atom is -0.333 e. The molecule has 0 radical (unpaired) electrons. The molecule has 0 saturated carbocycles. The Balaban J connectivity index is 1.90. The third-order valence-corrected chi connectivity index (χ3v) is 4.45. The summed E-state index contributed by atoms with van der Waals surface area (Å²) in [6, 6.07) is 2.24. The summed E-state index contributed by atoms with van der Waals surface area (Å²) in [6.45, 7) is 1.04. The summed E-state index contributed by atoms with van der Waals surface area (Å²) in [5.74, 6) is 1.37. The van der Waals surface area contributed by atoms with Gasteiger partial charge in [-0.2, -0.15) is 4.98 Å². The molecule has 84 valence electrons. The van der Waals surface area contributed by atoms with Gasteiger partial charge in [-0.05, 0) is 46.8 Å². The quantitative estimate of drug-likeness (QED) is 0.926. The predicted molar refractivity (Wildman–Crippen MR) is 65.3 cm³/mol. The van der Waals surface area contributed by atoms with E-state index in [-0.39, 0.29) is 6.04 Å². The largest absolute Gasteiger partial charge is 0.333 e. The predicted octanol–water partition coefficient (Wildman–Crippen LogP) is 2.99. The molecule has 0 aromatic carbocycles. The summed E-state index contributed by atoms with van der Waals surface area (Å²) in [5, 5.41) is 9.38. The molecule has 0 amide bonds. The zero-order valence-corrected chi connectivity index (χ0v) is 10.8. The van der Waals surface area contributed by atoms with Gasteiger partial charge in [0.15, 0.2) is 5.82 Å². The molecule has 1 aliphatic heterocycles. The SMILES string of the molecule is Brc1ccsc1-c1nc(C2CCCN2)no1. The maximum Gasteiger partial charge on any atom is 0.269 e. The van der Waals surface area contributed by atoms with E-state index in [9.17, 15) is 0 Å². The number of rotatable bonds is 2. The van der Waals surface area contributed by atoms with Crippen molar-refractivity contribution < 1.29 is 4.52 Å². The molecule has 1 fully saturated rings. The van der Waals surface area contributed by atoms with Crippen molar-refractivity contribution >= 4 is 27.3 Å². The van der Waals surface area contributed by atoms with Crippen LogP contribution in [0.4, 0.5) is 0 Å². The summed E-state index contributed by atoms with van der Waals surface area (Å²) >= 11 is 5.06. The first-order chi connectivity index (χ1) is 7.84. The van der Waals surface area contributed by atoms with Crippen LogP contribution in [-0.4, -0.2) is 16.7 Å². The molecule has 2 aromatic rings. The fourth-order valence-electron chi connectivity index (χ4n) is 1.82. The highest BCUT2D eigenvalue weighted by Crippen LogP contribution is 2.33. The number of nitrogens with one attached hydrogen (secondary N) is 1. The summed E-state index contributed by atoms with van der Waals surface area (Å²) in [7, 11) is 0. The second-order valence-electron chi connectivity index (χ2n) is 3.70. The Hall–Kier alpha value is -0.720. The number of aromatic nitrogens is 2. The van der Waals surface area contributed by atoms with Crippen LogP contribution in [0.2, 0.25) is 0 Å². The van der Waals surface area contributed by atoms with E-state index in [2.05, 4.69) is 31.4 Å². The lowest BCUT2D eigenvalue weighted by molar-refractivity contribution is 0.413. The second-order valence-corrected chi connectivity index (χ2v) is 5.47. The van der Waals surface area contributed by atoms with E-state index in [1.807, 2.05) is 11.4 Å². The third kappa shape index (κ3) is 1.81. The van der Waals surface area contributed by atoms with Crippen LogP contribution in [0.25, 0.3) is 10.8 Å². The second kappa shape index (κ2) is 4.27. The van der Waals surface area contributed by atoms with Crippen molar-refractivity contribution in [1.29, 1.82) is 0 Å². The molecule has 0 aliphatic carbocycles. The van der Waals surface area contributed by atoms with E-state index in [1.165, 1.54) is 6.42 Å². The Bertz CT molecular complexity index is 490. The minimum absolute atomic E-state index is 0.260.